The zero-order valence-electron chi connectivity index (χ0n) is 9.89. The van der Waals surface area contributed by atoms with Crippen LogP contribution in [0, 0.1) is 11.8 Å². The number of carboxylic acids is 1. The van der Waals surface area contributed by atoms with Crippen LogP contribution in [0.3, 0.4) is 0 Å². The van der Waals surface area contributed by atoms with Crippen molar-refractivity contribution in [1.82, 2.24) is 9.97 Å². The Morgan fingerprint density at radius 1 is 1.47 bits per heavy atom. The Balaban J connectivity index is 1.85. The van der Waals surface area contributed by atoms with E-state index in [1.165, 1.54) is 31.7 Å². The van der Waals surface area contributed by atoms with Crippen molar-refractivity contribution in [2.24, 2.45) is 11.8 Å². The van der Waals surface area contributed by atoms with Crippen LogP contribution in [0.1, 0.15) is 36.7 Å². The second kappa shape index (κ2) is 5.12. The van der Waals surface area contributed by atoms with Crippen LogP contribution in [-0.2, 0) is 0 Å². The lowest BCUT2D eigenvalue weighted by atomic mass is 10.1. The molecule has 5 heteroatoms. The first-order chi connectivity index (χ1) is 8.15. The van der Waals surface area contributed by atoms with Gasteiger partial charge in [0.15, 0.2) is 5.69 Å². The van der Waals surface area contributed by atoms with E-state index in [1.807, 2.05) is 0 Å². The standard InChI is InChI=1S/C12H17N3O2/c1-8-2-3-9(4-8)5-14-11-7-13-10(6-15-11)12(16)17/h6-9H,2-5H2,1H3,(H,14,15)(H,16,17). The van der Waals surface area contributed by atoms with E-state index in [4.69, 9.17) is 5.11 Å². The molecule has 2 unspecified atom stereocenters. The maximum atomic E-state index is 10.6. The van der Waals surface area contributed by atoms with Gasteiger partial charge in [0.25, 0.3) is 0 Å². The normalized spacial score (nSPS) is 23.6. The molecule has 17 heavy (non-hydrogen) atoms. The summed E-state index contributed by atoms with van der Waals surface area (Å²) in [5.41, 5.74) is -0.0231. The van der Waals surface area contributed by atoms with Gasteiger partial charge in [0, 0.05) is 6.54 Å². The van der Waals surface area contributed by atoms with Crippen molar-refractivity contribution in [3.8, 4) is 0 Å². The third kappa shape index (κ3) is 3.15. The summed E-state index contributed by atoms with van der Waals surface area (Å²) in [6.07, 6.45) is 6.57. The molecule has 1 aliphatic rings. The number of carboxylic acid groups (broad SMARTS) is 1. The molecule has 0 amide bonds. The summed E-state index contributed by atoms with van der Waals surface area (Å²) < 4.78 is 0. The molecule has 1 heterocycles. The molecule has 1 fully saturated rings. The molecule has 1 aliphatic carbocycles. The van der Waals surface area contributed by atoms with Crippen LogP contribution in [0.4, 0.5) is 5.82 Å². The molecule has 2 atom stereocenters. The average molecular weight is 235 g/mol. The van der Waals surface area contributed by atoms with Crippen molar-refractivity contribution in [2.45, 2.75) is 26.2 Å². The Bertz CT molecular complexity index is 391. The van der Waals surface area contributed by atoms with Crippen molar-refractivity contribution in [1.29, 1.82) is 0 Å². The molecule has 5 nitrogen and oxygen atoms in total. The van der Waals surface area contributed by atoms with Crippen LogP contribution in [0.15, 0.2) is 12.4 Å². The van der Waals surface area contributed by atoms with Gasteiger partial charge in [0.1, 0.15) is 5.82 Å². The highest BCUT2D eigenvalue weighted by Gasteiger charge is 2.20. The Morgan fingerprint density at radius 2 is 2.29 bits per heavy atom. The molecule has 1 saturated carbocycles. The number of nitrogens with zero attached hydrogens (tertiary/aromatic N) is 2. The van der Waals surface area contributed by atoms with Gasteiger partial charge in [-0.15, -0.1) is 0 Å². The fourth-order valence-electron chi connectivity index (χ4n) is 2.29. The third-order valence-corrected chi connectivity index (χ3v) is 3.25. The molecular weight excluding hydrogens is 218 g/mol. The second-order valence-corrected chi connectivity index (χ2v) is 4.76. The second-order valence-electron chi connectivity index (χ2n) is 4.76. The largest absolute Gasteiger partial charge is 0.476 e. The molecule has 0 bridgehead atoms. The lowest BCUT2D eigenvalue weighted by Gasteiger charge is -2.11. The van der Waals surface area contributed by atoms with Gasteiger partial charge in [-0.2, -0.15) is 0 Å². The average Bonchev–Trinajstić information content (AvgIpc) is 2.73. The summed E-state index contributed by atoms with van der Waals surface area (Å²) in [7, 11) is 0. The van der Waals surface area contributed by atoms with Gasteiger partial charge in [-0.1, -0.05) is 13.3 Å². The lowest BCUT2D eigenvalue weighted by Crippen LogP contribution is -2.13. The summed E-state index contributed by atoms with van der Waals surface area (Å²) in [6.45, 7) is 3.17. The summed E-state index contributed by atoms with van der Waals surface area (Å²) in [5, 5.41) is 11.9. The SMILES string of the molecule is CC1CCC(CNc2cnc(C(=O)O)cn2)C1. The lowest BCUT2D eigenvalue weighted by molar-refractivity contribution is 0.0690. The number of rotatable bonds is 4. The highest BCUT2D eigenvalue weighted by atomic mass is 16.4. The maximum absolute atomic E-state index is 10.6. The van der Waals surface area contributed by atoms with Gasteiger partial charge >= 0.3 is 5.97 Å². The van der Waals surface area contributed by atoms with Gasteiger partial charge < -0.3 is 10.4 Å². The van der Waals surface area contributed by atoms with E-state index in [0.29, 0.717) is 11.7 Å². The Kier molecular flexibility index (Phi) is 3.56. The molecule has 0 saturated heterocycles. The van der Waals surface area contributed by atoms with Gasteiger partial charge in [-0.05, 0) is 24.7 Å². The molecule has 2 rings (SSSR count). The Morgan fingerprint density at radius 3 is 2.82 bits per heavy atom. The van der Waals surface area contributed by atoms with Gasteiger partial charge in [0.2, 0.25) is 0 Å². The van der Waals surface area contributed by atoms with Crippen LogP contribution < -0.4 is 5.32 Å². The first kappa shape index (κ1) is 11.8. The van der Waals surface area contributed by atoms with E-state index in [0.717, 1.165) is 12.5 Å². The number of hydrogen-bond acceptors (Lipinski definition) is 4. The molecule has 0 spiro atoms. The topological polar surface area (TPSA) is 75.1 Å². The summed E-state index contributed by atoms with van der Waals surface area (Å²) >= 11 is 0. The van der Waals surface area contributed by atoms with Crippen molar-refractivity contribution in [2.75, 3.05) is 11.9 Å². The minimum atomic E-state index is -1.05. The molecule has 0 radical (unpaired) electrons. The van der Waals surface area contributed by atoms with Crippen LogP contribution in [0.2, 0.25) is 0 Å². The minimum Gasteiger partial charge on any atom is -0.476 e. The van der Waals surface area contributed by atoms with Gasteiger partial charge in [0.05, 0.1) is 12.4 Å². The first-order valence-corrected chi connectivity index (χ1v) is 5.94. The summed E-state index contributed by atoms with van der Waals surface area (Å²) in [5.74, 6) is 1.12. The first-order valence-electron chi connectivity index (χ1n) is 5.94. The Labute approximate surface area is 100 Å². The number of nitrogens with one attached hydrogen (secondary N) is 1. The number of aromatic nitrogens is 2. The van der Waals surface area contributed by atoms with Crippen molar-refractivity contribution in [3.63, 3.8) is 0 Å². The van der Waals surface area contributed by atoms with Gasteiger partial charge in [-0.25, -0.2) is 14.8 Å². The smallest absolute Gasteiger partial charge is 0.356 e. The summed E-state index contributed by atoms with van der Waals surface area (Å²) in [4.78, 5) is 18.4. The van der Waals surface area contributed by atoms with E-state index in [1.54, 1.807) is 0 Å². The molecule has 92 valence electrons. The minimum absolute atomic E-state index is 0.0231. The zero-order chi connectivity index (χ0) is 12.3. The van der Waals surface area contributed by atoms with Crippen LogP contribution in [0.5, 0.6) is 0 Å². The Hall–Kier alpha value is -1.65. The maximum Gasteiger partial charge on any atom is 0.356 e. The molecule has 1 aromatic rings. The molecule has 2 N–H and O–H groups in total. The monoisotopic (exact) mass is 235 g/mol. The highest BCUT2D eigenvalue weighted by Crippen LogP contribution is 2.30. The number of hydrogen-bond donors (Lipinski definition) is 2. The van der Waals surface area contributed by atoms with E-state index in [-0.39, 0.29) is 5.69 Å². The molecule has 0 aliphatic heterocycles. The van der Waals surface area contributed by atoms with Gasteiger partial charge in [-0.3, -0.25) is 0 Å². The zero-order valence-corrected chi connectivity index (χ0v) is 9.89. The van der Waals surface area contributed by atoms with E-state index < -0.39 is 5.97 Å². The van der Waals surface area contributed by atoms with Crippen molar-refractivity contribution < 1.29 is 9.90 Å². The quantitative estimate of drug-likeness (QED) is 0.835. The highest BCUT2D eigenvalue weighted by molar-refractivity contribution is 5.84. The van der Waals surface area contributed by atoms with E-state index in [9.17, 15) is 4.79 Å². The van der Waals surface area contributed by atoms with E-state index in [2.05, 4.69) is 22.2 Å². The van der Waals surface area contributed by atoms with Crippen LogP contribution in [0.25, 0.3) is 0 Å². The molecule has 0 aromatic carbocycles. The fourth-order valence-corrected chi connectivity index (χ4v) is 2.29. The fraction of sp³-hybridized carbons (Fsp3) is 0.583. The third-order valence-electron chi connectivity index (χ3n) is 3.25. The number of aromatic carboxylic acids is 1. The predicted molar refractivity (Wildman–Crippen MR) is 64.0 cm³/mol. The van der Waals surface area contributed by atoms with E-state index >= 15 is 0 Å². The number of anilines is 1. The van der Waals surface area contributed by atoms with Crippen LogP contribution >= 0.6 is 0 Å². The van der Waals surface area contributed by atoms with Crippen molar-refractivity contribution >= 4 is 11.8 Å². The number of carbonyl (C=O) groups is 1. The molecule has 1 aromatic heterocycles. The van der Waals surface area contributed by atoms with Crippen LogP contribution in [-0.4, -0.2) is 27.6 Å². The predicted octanol–water partition coefficient (Wildman–Crippen LogP) is 2.02. The van der Waals surface area contributed by atoms with Crippen molar-refractivity contribution in [3.05, 3.63) is 18.1 Å². The summed E-state index contributed by atoms with van der Waals surface area (Å²) in [6, 6.07) is 0. The molecular formula is C12H17N3O2.